The molecule has 0 radical (unpaired) electrons. The molecule has 0 bridgehead atoms. The number of benzene rings is 2. The number of nitriles is 1. The summed E-state index contributed by atoms with van der Waals surface area (Å²) in [4.78, 5) is 28.2. The molecular formula is C21H22N4O2. The highest BCUT2D eigenvalue weighted by Gasteiger charge is 2.30. The van der Waals surface area contributed by atoms with Crippen LogP contribution in [0.1, 0.15) is 30.9 Å². The van der Waals surface area contributed by atoms with E-state index in [1.165, 1.54) is 10.5 Å². The van der Waals surface area contributed by atoms with Crippen LogP contribution in [0, 0.1) is 11.3 Å². The molecule has 0 atom stereocenters. The van der Waals surface area contributed by atoms with Gasteiger partial charge in [0.2, 0.25) is 5.91 Å². The average Bonchev–Trinajstić information content (AvgIpc) is 3.02. The van der Waals surface area contributed by atoms with Crippen molar-refractivity contribution in [3.05, 3.63) is 59.7 Å². The smallest absolute Gasteiger partial charge is 0.323 e. The fraction of sp³-hybridized carbons (Fsp3) is 0.286. The minimum atomic E-state index is -0.317. The van der Waals surface area contributed by atoms with Crippen molar-refractivity contribution in [1.29, 1.82) is 5.26 Å². The molecule has 0 spiro atoms. The highest BCUT2D eigenvalue weighted by Crippen LogP contribution is 2.23. The van der Waals surface area contributed by atoms with Crippen LogP contribution in [-0.2, 0) is 4.79 Å². The standard InChI is InChI=1S/C21H22N4O2/c1-15(2)16-7-9-18(10-8-16)25-12-11-24(21(25)27)14-20(26)23-19-6-4-3-5-17(19)13-22/h3-10,15H,11-12,14H2,1-2H3,(H,23,26). The van der Waals surface area contributed by atoms with Crippen LogP contribution < -0.4 is 10.2 Å². The van der Waals surface area contributed by atoms with E-state index in [2.05, 4.69) is 19.2 Å². The molecule has 6 heteroatoms. The number of anilines is 2. The van der Waals surface area contributed by atoms with E-state index in [1.54, 1.807) is 29.2 Å². The molecule has 3 amide bonds. The Morgan fingerprint density at radius 2 is 1.85 bits per heavy atom. The third kappa shape index (κ3) is 4.09. The fourth-order valence-corrected chi connectivity index (χ4v) is 3.06. The molecule has 2 aromatic carbocycles. The maximum absolute atomic E-state index is 12.7. The van der Waals surface area contributed by atoms with Crippen molar-refractivity contribution < 1.29 is 9.59 Å². The molecule has 0 saturated carbocycles. The fourth-order valence-electron chi connectivity index (χ4n) is 3.06. The first-order valence-corrected chi connectivity index (χ1v) is 8.95. The van der Waals surface area contributed by atoms with Gasteiger partial charge in [0.1, 0.15) is 12.6 Å². The van der Waals surface area contributed by atoms with Crippen molar-refractivity contribution in [2.24, 2.45) is 0 Å². The van der Waals surface area contributed by atoms with Crippen molar-refractivity contribution in [3.63, 3.8) is 0 Å². The molecule has 1 fully saturated rings. The molecule has 0 aliphatic carbocycles. The average molecular weight is 362 g/mol. The molecule has 138 valence electrons. The van der Waals surface area contributed by atoms with E-state index >= 15 is 0 Å². The lowest BCUT2D eigenvalue weighted by molar-refractivity contribution is -0.116. The van der Waals surface area contributed by atoms with E-state index in [9.17, 15) is 9.59 Å². The maximum atomic E-state index is 12.7. The van der Waals surface area contributed by atoms with Crippen LogP contribution in [-0.4, -0.2) is 36.5 Å². The van der Waals surface area contributed by atoms with Crippen LogP contribution in [0.5, 0.6) is 0 Å². The number of para-hydroxylation sites is 1. The number of nitrogens with zero attached hydrogens (tertiary/aromatic N) is 3. The van der Waals surface area contributed by atoms with Crippen LogP contribution in [0.4, 0.5) is 16.2 Å². The molecule has 3 rings (SSSR count). The van der Waals surface area contributed by atoms with Crippen LogP contribution in [0.15, 0.2) is 48.5 Å². The number of rotatable bonds is 5. The van der Waals surface area contributed by atoms with Gasteiger partial charge in [-0.05, 0) is 35.7 Å². The van der Waals surface area contributed by atoms with Crippen LogP contribution in [0.3, 0.4) is 0 Å². The quantitative estimate of drug-likeness (QED) is 0.883. The van der Waals surface area contributed by atoms with Gasteiger partial charge >= 0.3 is 6.03 Å². The molecule has 1 N–H and O–H groups in total. The minimum absolute atomic E-state index is 0.0425. The summed E-state index contributed by atoms with van der Waals surface area (Å²) in [5, 5.41) is 11.8. The zero-order chi connectivity index (χ0) is 19.4. The van der Waals surface area contributed by atoms with E-state index < -0.39 is 0 Å². The largest absolute Gasteiger partial charge is 0.325 e. The van der Waals surface area contributed by atoms with Crippen LogP contribution in [0.2, 0.25) is 0 Å². The molecule has 1 aliphatic heterocycles. The van der Waals surface area contributed by atoms with E-state index in [0.29, 0.717) is 30.3 Å². The third-order valence-electron chi connectivity index (χ3n) is 4.62. The number of urea groups is 1. The summed E-state index contributed by atoms with van der Waals surface area (Å²) in [6.45, 7) is 5.24. The lowest BCUT2D eigenvalue weighted by atomic mass is 10.0. The second-order valence-electron chi connectivity index (χ2n) is 6.81. The van der Waals surface area contributed by atoms with E-state index in [1.807, 2.05) is 30.3 Å². The van der Waals surface area contributed by atoms with Crippen LogP contribution in [0.25, 0.3) is 0 Å². The Kier molecular flexibility index (Phi) is 5.41. The van der Waals surface area contributed by atoms with Gasteiger partial charge in [-0.3, -0.25) is 9.69 Å². The summed E-state index contributed by atoms with van der Waals surface area (Å²) in [7, 11) is 0. The topological polar surface area (TPSA) is 76.4 Å². The zero-order valence-corrected chi connectivity index (χ0v) is 15.5. The molecule has 0 unspecified atom stereocenters. The van der Waals surface area contributed by atoms with Gasteiger partial charge in [-0.25, -0.2) is 4.79 Å². The number of amides is 3. The summed E-state index contributed by atoms with van der Waals surface area (Å²) < 4.78 is 0. The van der Waals surface area contributed by atoms with Gasteiger partial charge in [0, 0.05) is 18.8 Å². The first-order chi connectivity index (χ1) is 13.0. The molecule has 1 aliphatic rings. The van der Waals surface area contributed by atoms with E-state index in [4.69, 9.17) is 5.26 Å². The predicted octanol–water partition coefficient (Wildman–Crippen LogP) is 3.56. The Morgan fingerprint density at radius 3 is 2.52 bits per heavy atom. The Morgan fingerprint density at radius 1 is 1.15 bits per heavy atom. The summed E-state index contributed by atoms with van der Waals surface area (Å²) in [6.07, 6.45) is 0. The van der Waals surface area contributed by atoms with Crippen molar-refractivity contribution in [3.8, 4) is 6.07 Å². The number of hydrogen-bond acceptors (Lipinski definition) is 3. The Labute approximate surface area is 159 Å². The second kappa shape index (κ2) is 7.92. The van der Waals surface area contributed by atoms with Crippen LogP contribution >= 0.6 is 0 Å². The molecule has 2 aromatic rings. The zero-order valence-electron chi connectivity index (χ0n) is 15.5. The summed E-state index contributed by atoms with van der Waals surface area (Å²) in [5.74, 6) is 0.118. The first kappa shape index (κ1) is 18.5. The molecule has 0 aromatic heterocycles. The highest BCUT2D eigenvalue weighted by atomic mass is 16.2. The van der Waals surface area contributed by atoms with E-state index in [-0.39, 0.29) is 18.5 Å². The van der Waals surface area contributed by atoms with Gasteiger partial charge in [-0.15, -0.1) is 0 Å². The Hall–Kier alpha value is -3.33. The van der Waals surface area contributed by atoms with Gasteiger partial charge in [-0.2, -0.15) is 5.26 Å². The molecule has 1 heterocycles. The predicted molar refractivity (Wildman–Crippen MR) is 105 cm³/mol. The summed E-state index contributed by atoms with van der Waals surface area (Å²) in [5.41, 5.74) is 2.91. The van der Waals surface area contributed by atoms with E-state index in [0.717, 1.165) is 5.69 Å². The van der Waals surface area contributed by atoms with Gasteiger partial charge < -0.3 is 10.2 Å². The number of hydrogen-bond donors (Lipinski definition) is 1. The van der Waals surface area contributed by atoms with Gasteiger partial charge in [0.25, 0.3) is 0 Å². The Balaban J connectivity index is 1.63. The van der Waals surface area contributed by atoms with Gasteiger partial charge in [0.05, 0.1) is 11.3 Å². The van der Waals surface area contributed by atoms with Crippen molar-refractivity contribution in [2.45, 2.75) is 19.8 Å². The maximum Gasteiger partial charge on any atom is 0.325 e. The second-order valence-corrected chi connectivity index (χ2v) is 6.81. The normalized spacial score (nSPS) is 13.8. The SMILES string of the molecule is CC(C)c1ccc(N2CCN(CC(=O)Nc3ccccc3C#N)C2=O)cc1. The number of carbonyl (C=O) groups is 2. The van der Waals surface area contributed by atoms with Gasteiger partial charge in [-0.1, -0.05) is 38.1 Å². The Bertz CT molecular complexity index is 884. The monoisotopic (exact) mass is 362 g/mol. The first-order valence-electron chi connectivity index (χ1n) is 8.95. The molecule has 6 nitrogen and oxygen atoms in total. The number of carbonyl (C=O) groups excluding carboxylic acids is 2. The third-order valence-corrected chi connectivity index (χ3v) is 4.62. The summed E-state index contributed by atoms with van der Waals surface area (Å²) >= 11 is 0. The highest BCUT2D eigenvalue weighted by molar-refractivity contribution is 5.99. The lowest BCUT2D eigenvalue weighted by Crippen LogP contribution is -2.37. The minimum Gasteiger partial charge on any atom is -0.323 e. The van der Waals surface area contributed by atoms with Gasteiger partial charge in [0.15, 0.2) is 0 Å². The number of nitrogens with one attached hydrogen (secondary N) is 1. The lowest BCUT2D eigenvalue weighted by Gasteiger charge is -2.19. The molecule has 1 saturated heterocycles. The van der Waals surface area contributed by atoms with Crippen molar-refractivity contribution in [2.75, 3.05) is 29.9 Å². The van der Waals surface area contributed by atoms with Crippen molar-refractivity contribution >= 4 is 23.3 Å². The summed E-state index contributed by atoms with van der Waals surface area (Å²) in [6, 6.07) is 16.6. The van der Waals surface area contributed by atoms with Crippen molar-refractivity contribution in [1.82, 2.24) is 4.90 Å². The molecule has 27 heavy (non-hydrogen) atoms. The molecular weight excluding hydrogens is 340 g/mol.